The van der Waals surface area contributed by atoms with Gasteiger partial charge >= 0.3 is 0 Å². The highest BCUT2D eigenvalue weighted by atomic mass is 28.4. The number of carbonyl (C=O) groups is 1. The lowest BCUT2D eigenvalue weighted by molar-refractivity contribution is -0.195. The molecule has 178 valence electrons. The van der Waals surface area contributed by atoms with Crippen LogP contribution in [-0.4, -0.2) is 33.9 Å². The Balaban J connectivity index is 1.60. The molecule has 0 aromatic carbocycles. The fourth-order valence-electron chi connectivity index (χ4n) is 8.45. The molecule has 7 atom stereocenters. The lowest BCUT2D eigenvalue weighted by Crippen LogP contribution is -2.62. The minimum absolute atomic E-state index is 0.0359. The second-order valence-corrected chi connectivity index (χ2v) is 18.5. The molecule has 0 aliphatic heterocycles. The van der Waals surface area contributed by atoms with Crippen LogP contribution in [0.4, 0.5) is 0 Å². The molecule has 0 heterocycles. The third-order valence-electron chi connectivity index (χ3n) is 11.3. The summed E-state index contributed by atoms with van der Waals surface area (Å²) in [5.41, 5.74) is 0.503. The quantitative estimate of drug-likeness (QED) is 0.434. The van der Waals surface area contributed by atoms with Gasteiger partial charge in [0.15, 0.2) is 8.32 Å². The highest BCUT2D eigenvalue weighted by Gasteiger charge is 2.65. The number of hydrogen-bond donors (Lipinski definition) is 0. The number of ketones is 1. The summed E-state index contributed by atoms with van der Waals surface area (Å²) in [6.07, 6.45) is 10.8. The van der Waals surface area contributed by atoms with Crippen LogP contribution in [0.15, 0.2) is 0 Å². The molecule has 4 saturated carbocycles. The lowest BCUT2D eigenvalue weighted by Gasteiger charge is -2.66. The average Bonchev–Trinajstić information content (AvgIpc) is 2.96. The molecule has 31 heavy (non-hydrogen) atoms. The Morgan fingerprint density at radius 2 is 1.71 bits per heavy atom. The third kappa shape index (κ3) is 3.53. The van der Waals surface area contributed by atoms with Gasteiger partial charge in [-0.25, -0.2) is 0 Å². The minimum atomic E-state index is -1.76. The zero-order valence-electron chi connectivity index (χ0n) is 21.6. The van der Waals surface area contributed by atoms with Crippen molar-refractivity contribution in [3.05, 3.63) is 0 Å². The van der Waals surface area contributed by atoms with E-state index in [2.05, 4.69) is 47.7 Å². The van der Waals surface area contributed by atoms with Crippen LogP contribution in [0.25, 0.3) is 0 Å². The largest absolute Gasteiger partial charge is 0.414 e. The van der Waals surface area contributed by atoms with Gasteiger partial charge in [-0.05, 0) is 92.7 Å². The van der Waals surface area contributed by atoms with E-state index in [1.165, 1.54) is 38.5 Å². The summed E-state index contributed by atoms with van der Waals surface area (Å²) in [5.74, 6) is 2.59. The van der Waals surface area contributed by atoms with E-state index in [9.17, 15) is 4.79 Å². The average molecular weight is 449 g/mol. The molecule has 4 rings (SSSR count). The topological polar surface area (TPSA) is 35.5 Å². The Morgan fingerprint density at radius 3 is 2.35 bits per heavy atom. The summed E-state index contributed by atoms with van der Waals surface area (Å²) in [7, 11) is 0.143. The fraction of sp³-hybridized carbons (Fsp3) is 0.963. The van der Waals surface area contributed by atoms with E-state index >= 15 is 0 Å². The van der Waals surface area contributed by atoms with Crippen LogP contribution in [0.1, 0.15) is 92.4 Å². The monoisotopic (exact) mass is 448 g/mol. The van der Waals surface area contributed by atoms with E-state index in [1.54, 1.807) is 0 Å². The predicted octanol–water partition coefficient (Wildman–Crippen LogP) is 7.01. The van der Waals surface area contributed by atoms with Gasteiger partial charge in [-0.2, -0.15) is 0 Å². The van der Waals surface area contributed by atoms with Gasteiger partial charge < -0.3 is 9.16 Å². The molecule has 0 N–H and O–H groups in total. The van der Waals surface area contributed by atoms with Crippen molar-refractivity contribution in [1.82, 2.24) is 0 Å². The molecule has 0 aromatic heterocycles. The van der Waals surface area contributed by atoms with Crippen LogP contribution in [-0.2, 0) is 14.0 Å². The number of carbonyl (C=O) groups excluding carboxylic acids is 1. The van der Waals surface area contributed by atoms with E-state index < -0.39 is 8.32 Å². The Labute approximate surface area is 192 Å². The summed E-state index contributed by atoms with van der Waals surface area (Å²) in [6.45, 7) is 17.6. The maximum Gasteiger partial charge on any atom is 0.192 e. The van der Waals surface area contributed by atoms with Crippen molar-refractivity contribution in [1.29, 1.82) is 0 Å². The zero-order valence-corrected chi connectivity index (χ0v) is 22.6. The van der Waals surface area contributed by atoms with Crippen molar-refractivity contribution in [3.63, 3.8) is 0 Å². The number of hydrogen-bond acceptors (Lipinski definition) is 3. The molecule has 3 nitrogen and oxygen atoms in total. The SMILES string of the molecule is COC[C@]12CCC(O[Si](C)(C)C(C)(C)C)C[C@]1(C)CC[C@@H]1[C@@H]2CC[C@]2(C)C(=O)CC[C@@H]12. The van der Waals surface area contributed by atoms with Gasteiger partial charge in [-0.1, -0.05) is 34.6 Å². The number of Topliss-reactive ketones (excluding diaryl/α,β-unsaturated/α-hetero) is 1. The van der Waals surface area contributed by atoms with Crippen molar-refractivity contribution in [2.24, 2.45) is 34.0 Å². The molecule has 1 unspecified atom stereocenters. The smallest absolute Gasteiger partial charge is 0.192 e. The van der Waals surface area contributed by atoms with Crippen molar-refractivity contribution < 1.29 is 14.0 Å². The summed E-state index contributed by atoms with van der Waals surface area (Å²) in [5, 5.41) is 0.259. The van der Waals surface area contributed by atoms with Crippen LogP contribution in [0.5, 0.6) is 0 Å². The number of methoxy groups -OCH3 is 1. The molecule has 4 aliphatic carbocycles. The van der Waals surface area contributed by atoms with Crippen molar-refractivity contribution in [2.45, 2.75) is 117 Å². The first kappa shape index (κ1) is 23.9. The van der Waals surface area contributed by atoms with Gasteiger partial charge in [0.2, 0.25) is 0 Å². The first-order valence-electron chi connectivity index (χ1n) is 13.0. The zero-order chi connectivity index (χ0) is 22.9. The van der Waals surface area contributed by atoms with Gasteiger partial charge in [0.1, 0.15) is 5.78 Å². The van der Waals surface area contributed by atoms with Gasteiger partial charge in [0.05, 0.1) is 6.61 Å². The maximum atomic E-state index is 12.8. The first-order valence-corrected chi connectivity index (χ1v) is 15.9. The molecular formula is C27H48O3Si. The van der Waals surface area contributed by atoms with Gasteiger partial charge in [0.25, 0.3) is 0 Å². The van der Waals surface area contributed by atoms with Crippen LogP contribution >= 0.6 is 0 Å². The van der Waals surface area contributed by atoms with Gasteiger partial charge in [-0.15, -0.1) is 0 Å². The van der Waals surface area contributed by atoms with Crippen molar-refractivity contribution in [2.75, 3.05) is 13.7 Å². The molecule has 0 bridgehead atoms. The summed E-state index contributed by atoms with van der Waals surface area (Å²) in [4.78, 5) is 12.8. The number of rotatable bonds is 4. The molecule has 4 fully saturated rings. The third-order valence-corrected chi connectivity index (χ3v) is 15.9. The highest BCUT2D eigenvalue weighted by Crippen LogP contribution is 2.69. The summed E-state index contributed by atoms with van der Waals surface area (Å²) >= 11 is 0. The number of ether oxygens (including phenoxy) is 1. The lowest BCUT2D eigenvalue weighted by atomic mass is 9.40. The Bertz CT molecular complexity index is 712. The molecule has 0 aromatic rings. The Kier molecular flexibility index (Phi) is 5.92. The highest BCUT2D eigenvalue weighted by molar-refractivity contribution is 6.74. The van der Waals surface area contributed by atoms with Gasteiger partial charge in [0, 0.05) is 30.5 Å². The molecule has 0 amide bonds. The predicted molar refractivity (Wildman–Crippen MR) is 130 cm³/mol. The van der Waals surface area contributed by atoms with Crippen LogP contribution in [0, 0.1) is 34.0 Å². The summed E-state index contributed by atoms with van der Waals surface area (Å²) < 4.78 is 13.0. The van der Waals surface area contributed by atoms with E-state index in [0.717, 1.165) is 25.9 Å². The van der Waals surface area contributed by atoms with Crippen LogP contribution in [0.3, 0.4) is 0 Å². The van der Waals surface area contributed by atoms with E-state index in [0.29, 0.717) is 29.6 Å². The Hall–Kier alpha value is -0.193. The standard InChI is InChI=1S/C27H48O3Si/c1-24(2,3)31(7,8)30-19-11-16-27(18-29-6)22-13-15-26(5)21(9-10-23(26)28)20(22)12-14-25(27,4)17-19/h19-22H,9-18H2,1-8H3/t19?,20-,21-,22-,25-,26-,27-/m0/s1. The molecule has 0 radical (unpaired) electrons. The van der Waals surface area contributed by atoms with Crippen LogP contribution < -0.4 is 0 Å². The maximum absolute atomic E-state index is 12.8. The number of fused-ring (bicyclic) bond motifs is 5. The second kappa shape index (κ2) is 7.66. The molecular weight excluding hydrogens is 400 g/mol. The minimum Gasteiger partial charge on any atom is -0.414 e. The van der Waals surface area contributed by atoms with E-state index in [-0.39, 0.29) is 21.3 Å². The normalized spacial score (nSPS) is 45.7. The Morgan fingerprint density at radius 1 is 1.00 bits per heavy atom. The van der Waals surface area contributed by atoms with Crippen molar-refractivity contribution >= 4 is 14.1 Å². The van der Waals surface area contributed by atoms with Gasteiger partial charge in [-0.3, -0.25) is 4.79 Å². The summed E-state index contributed by atoms with van der Waals surface area (Å²) in [6, 6.07) is 0. The second-order valence-electron chi connectivity index (χ2n) is 13.7. The van der Waals surface area contributed by atoms with E-state index in [4.69, 9.17) is 9.16 Å². The fourth-order valence-corrected chi connectivity index (χ4v) is 9.84. The van der Waals surface area contributed by atoms with Crippen LogP contribution in [0.2, 0.25) is 18.1 Å². The van der Waals surface area contributed by atoms with Crippen molar-refractivity contribution in [3.8, 4) is 0 Å². The first-order chi connectivity index (χ1) is 14.3. The molecule has 4 aliphatic rings. The molecule has 0 spiro atoms. The molecule has 0 saturated heterocycles. The van der Waals surface area contributed by atoms with E-state index in [1.807, 2.05) is 7.11 Å². The molecule has 4 heteroatoms.